The van der Waals surface area contributed by atoms with Crippen LogP contribution in [0.3, 0.4) is 0 Å². The molecule has 0 aliphatic carbocycles. The van der Waals surface area contributed by atoms with Gasteiger partial charge in [0.2, 0.25) is 0 Å². The van der Waals surface area contributed by atoms with Crippen molar-refractivity contribution in [3.63, 3.8) is 0 Å². The van der Waals surface area contributed by atoms with Gasteiger partial charge >= 0.3 is 0 Å². The number of thiazole rings is 1. The number of carbonyl (C=O) groups excluding carboxylic acids is 1. The third kappa shape index (κ3) is 4.27. The molecule has 2 aromatic carbocycles. The summed E-state index contributed by atoms with van der Waals surface area (Å²) in [7, 11) is 3.22. The molecule has 1 amide bonds. The van der Waals surface area contributed by atoms with Crippen molar-refractivity contribution in [2.45, 2.75) is 19.9 Å². The Labute approximate surface area is 185 Å². The van der Waals surface area contributed by atoms with Gasteiger partial charge in [0.1, 0.15) is 10.7 Å². The molecule has 7 heteroatoms. The molecule has 0 radical (unpaired) electrons. The number of rotatable bonds is 8. The largest absolute Gasteiger partial charge is 0.493 e. The lowest BCUT2D eigenvalue weighted by Gasteiger charge is -2.10. The van der Waals surface area contributed by atoms with E-state index in [9.17, 15) is 4.79 Å². The van der Waals surface area contributed by atoms with Crippen LogP contribution < -0.4 is 14.8 Å². The summed E-state index contributed by atoms with van der Waals surface area (Å²) in [4.78, 5) is 17.2. The first-order valence-corrected chi connectivity index (χ1v) is 11.1. The Balaban J connectivity index is 1.43. The average molecular weight is 436 g/mol. The third-order valence-electron chi connectivity index (χ3n) is 5.23. The van der Waals surface area contributed by atoms with Gasteiger partial charge < -0.3 is 19.4 Å². The standard InChI is InChI=1S/C24H25N3O3S/c1-4-27-19-8-6-5-7-17(19)14-20(27)24-26-18(15-31-24)23(28)25-12-11-16-9-10-21(29-2)22(13-16)30-3/h5-10,13-15H,4,11-12H2,1-3H3,(H,25,28). The van der Waals surface area contributed by atoms with Gasteiger partial charge in [0, 0.05) is 29.4 Å². The van der Waals surface area contributed by atoms with Crippen molar-refractivity contribution in [3.05, 3.63) is 65.2 Å². The third-order valence-corrected chi connectivity index (χ3v) is 6.09. The number of hydrogen-bond donors (Lipinski definition) is 1. The Morgan fingerprint density at radius 2 is 1.90 bits per heavy atom. The summed E-state index contributed by atoms with van der Waals surface area (Å²) in [6.07, 6.45) is 0.688. The number of benzene rings is 2. The fraction of sp³-hybridized carbons (Fsp3) is 0.250. The summed E-state index contributed by atoms with van der Waals surface area (Å²) in [5.74, 6) is 1.21. The number of nitrogens with one attached hydrogen (secondary N) is 1. The van der Waals surface area contributed by atoms with Crippen molar-refractivity contribution in [2.75, 3.05) is 20.8 Å². The van der Waals surface area contributed by atoms with Gasteiger partial charge in [0.05, 0.1) is 19.9 Å². The summed E-state index contributed by atoms with van der Waals surface area (Å²) in [6.45, 7) is 3.47. The highest BCUT2D eigenvalue weighted by Crippen LogP contribution is 2.30. The molecule has 0 aliphatic heterocycles. The summed E-state index contributed by atoms with van der Waals surface area (Å²) >= 11 is 1.49. The van der Waals surface area contributed by atoms with E-state index in [4.69, 9.17) is 9.47 Å². The van der Waals surface area contributed by atoms with Crippen LogP contribution in [0.4, 0.5) is 0 Å². The number of fused-ring (bicyclic) bond motifs is 1. The molecule has 4 aromatic rings. The van der Waals surface area contributed by atoms with E-state index in [1.807, 2.05) is 35.7 Å². The van der Waals surface area contributed by atoms with E-state index < -0.39 is 0 Å². The lowest BCUT2D eigenvalue weighted by molar-refractivity contribution is 0.0950. The van der Waals surface area contributed by atoms with Gasteiger partial charge in [-0.2, -0.15) is 0 Å². The van der Waals surface area contributed by atoms with E-state index in [2.05, 4.69) is 40.0 Å². The number of aryl methyl sites for hydroxylation is 1. The number of ether oxygens (including phenoxy) is 2. The average Bonchev–Trinajstić information content (AvgIpc) is 3.43. The summed E-state index contributed by atoms with van der Waals surface area (Å²) in [5, 5.41) is 6.80. The second kappa shape index (κ2) is 9.22. The van der Waals surface area contributed by atoms with E-state index in [0.717, 1.165) is 22.8 Å². The molecule has 31 heavy (non-hydrogen) atoms. The highest BCUT2D eigenvalue weighted by atomic mass is 32.1. The fourth-order valence-corrected chi connectivity index (χ4v) is 4.49. The van der Waals surface area contributed by atoms with Gasteiger partial charge in [0.25, 0.3) is 5.91 Å². The topological polar surface area (TPSA) is 65.4 Å². The zero-order valence-corrected chi connectivity index (χ0v) is 18.7. The van der Waals surface area contributed by atoms with Gasteiger partial charge in [-0.3, -0.25) is 4.79 Å². The maximum absolute atomic E-state index is 12.6. The maximum Gasteiger partial charge on any atom is 0.270 e. The highest BCUT2D eigenvalue weighted by Gasteiger charge is 2.16. The molecule has 0 bridgehead atoms. The molecule has 0 fully saturated rings. The number of nitrogens with zero attached hydrogens (tertiary/aromatic N) is 2. The molecular weight excluding hydrogens is 410 g/mol. The molecule has 2 aromatic heterocycles. The van der Waals surface area contributed by atoms with Crippen molar-refractivity contribution >= 4 is 28.1 Å². The van der Waals surface area contributed by atoms with Crippen LogP contribution in [0, 0.1) is 0 Å². The van der Waals surface area contributed by atoms with Crippen LogP contribution in [0.1, 0.15) is 23.0 Å². The lowest BCUT2D eigenvalue weighted by atomic mass is 10.1. The van der Waals surface area contributed by atoms with Crippen molar-refractivity contribution in [2.24, 2.45) is 0 Å². The number of aromatic nitrogens is 2. The van der Waals surface area contributed by atoms with Gasteiger partial charge in [-0.05, 0) is 43.2 Å². The van der Waals surface area contributed by atoms with Crippen molar-refractivity contribution in [3.8, 4) is 22.2 Å². The molecule has 0 saturated heterocycles. The monoisotopic (exact) mass is 435 g/mol. The molecule has 0 unspecified atom stereocenters. The van der Waals surface area contributed by atoms with Gasteiger partial charge in [-0.25, -0.2) is 4.98 Å². The zero-order chi connectivity index (χ0) is 21.8. The van der Waals surface area contributed by atoms with Gasteiger partial charge in [0.15, 0.2) is 11.5 Å². The highest BCUT2D eigenvalue weighted by molar-refractivity contribution is 7.13. The second-order valence-electron chi connectivity index (χ2n) is 7.07. The van der Waals surface area contributed by atoms with E-state index in [1.54, 1.807) is 14.2 Å². The number of carbonyl (C=O) groups is 1. The number of amides is 1. The molecule has 0 spiro atoms. The van der Waals surface area contributed by atoms with Crippen LogP contribution in [-0.4, -0.2) is 36.2 Å². The summed E-state index contributed by atoms with van der Waals surface area (Å²) in [5.41, 5.74) is 3.72. The van der Waals surface area contributed by atoms with Crippen LogP contribution in [0.25, 0.3) is 21.6 Å². The zero-order valence-electron chi connectivity index (χ0n) is 17.8. The summed E-state index contributed by atoms with van der Waals surface area (Å²) in [6, 6.07) is 16.2. The number of methoxy groups -OCH3 is 2. The Morgan fingerprint density at radius 1 is 1.10 bits per heavy atom. The van der Waals surface area contributed by atoms with E-state index in [-0.39, 0.29) is 5.91 Å². The SMILES string of the molecule is CCn1c(-c2nc(C(=O)NCCc3ccc(OC)c(OC)c3)cs2)cc2ccccc21. The maximum atomic E-state index is 12.6. The minimum Gasteiger partial charge on any atom is -0.493 e. The molecule has 2 heterocycles. The molecular formula is C24H25N3O3S. The normalized spacial score (nSPS) is 10.9. The van der Waals surface area contributed by atoms with E-state index in [0.29, 0.717) is 30.2 Å². The number of hydrogen-bond acceptors (Lipinski definition) is 5. The van der Waals surface area contributed by atoms with Crippen LogP contribution in [0.15, 0.2) is 53.9 Å². The van der Waals surface area contributed by atoms with Crippen molar-refractivity contribution in [1.29, 1.82) is 0 Å². The molecule has 0 atom stereocenters. The van der Waals surface area contributed by atoms with Crippen molar-refractivity contribution < 1.29 is 14.3 Å². The molecule has 1 N–H and O–H groups in total. The quantitative estimate of drug-likeness (QED) is 0.433. The fourth-order valence-electron chi connectivity index (χ4n) is 3.67. The Kier molecular flexibility index (Phi) is 6.23. The van der Waals surface area contributed by atoms with Crippen LogP contribution in [0.5, 0.6) is 11.5 Å². The first-order valence-electron chi connectivity index (χ1n) is 10.2. The molecule has 0 aliphatic rings. The summed E-state index contributed by atoms with van der Waals surface area (Å²) < 4.78 is 12.8. The molecule has 4 rings (SSSR count). The Hall–Kier alpha value is -3.32. The first kappa shape index (κ1) is 20.9. The Morgan fingerprint density at radius 3 is 2.68 bits per heavy atom. The second-order valence-corrected chi connectivity index (χ2v) is 7.92. The smallest absolute Gasteiger partial charge is 0.270 e. The molecule has 6 nitrogen and oxygen atoms in total. The van der Waals surface area contributed by atoms with Crippen LogP contribution in [0.2, 0.25) is 0 Å². The number of para-hydroxylation sites is 1. The molecule has 160 valence electrons. The first-order chi connectivity index (χ1) is 15.1. The van der Waals surface area contributed by atoms with Crippen LogP contribution in [-0.2, 0) is 13.0 Å². The molecule has 0 saturated carbocycles. The van der Waals surface area contributed by atoms with Crippen LogP contribution >= 0.6 is 11.3 Å². The van der Waals surface area contributed by atoms with E-state index in [1.165, 1.54) is 22.2 Å². The predicted octanol–water partition coefficient (Wildman–Crippen LogP) is 4.77. The van der Waals surface area contributed by atoms with Gasteiger partial charge in [-0.15, -0.1) is 11.3 Å². The Bertz CT molecular complexity index is 1210. The minimum absolute atomic E-state index is 0.165. The van der Waals surface area contributed by atoms with Gasteiger partial charge in [-0.1, -0.05) is 24.3 Å². The predicted molar refractivity (Wildman–Crippen MR) is 124 cm³/mol. The van der Waals surface area contributed by atoms with E-state index >= 15 is 0 Å². The van der Waals surface area contributed by atoms with Crippen molar-refractivity contribution in [1.82, 2.24) is 14.9 Å². The minimum atomic E-state index is -0.165. The lowest BCUT2D eigenvalue weighted by Crippen LogP contribution is -2.26.